The molecule has 33 heavy (non-hydrogen) atoms. The summed E-state index contributed by atoms with van der Waals surface area (Å²) < 4.78 is 5.74. The standard InChI is InChI=1S/C30H51NO2/c1-7-31-28(32)33-23-15-17-29(5)22(19-23)11-12-24-26-14-13-25(21(4)10-8-9-20(2)3)30(26,6)18-16-27(24)29/h11,20-21,23-27H,7-10,12-19H2,1-6H3,(H,31,32)/t21-,23-,24-,25+,26-,27-,29-,30+/m0/s1. The molecule has 4 rings (SSSR count). The molecular formula is C30H51NO2. The molecule has 0 radical (unpaired) electrons. The zero-order chi connectivity index (χ0) is 23.8. The summed E-state index contributed by atoms with van der Waals surface area (Å²) in [5.74, 6) is 5.25. The molecule has 0 aromatic heterocycles. The minimum absolute atomic E-state index is 0.0591. The molecule has 8 atom stereocenters. The van der Waals surface area contributed by atoms with Crippen molar-refractivity contribution in [3.63, 3.8) is 0 Å². The van der Waals surface area contributed by atoms with Crippen molar-refractivity contribution in [3.8, 4) is 0 Å². The predicted molar refractivity (Wildman–Crippen MR) is 137 cm³/mol. The SMILES string of the molecule is CCNC(=O)O[C@H]1CC[C@@]2(C)C(=CC[C@H]3[C@@H]4CC[C@H]([C@@H](C)CCCC(C)C)[C@@]4(C)CC[C@@H]32)C1. The number of alkyl carbamates (subject to hydrolysis) is 1. The summed E-state index contributed by atoms with van der Waals surface area (Å²) in [5, 5.41) is 2.80. The molecule has 3 saturated carbocycles. The molecule has 3 nitrogen and oxygen atoms in total. The average molecular weight is 458 g/mol. The van der Waals surface area contributed by atoms with Crippen LogP contribution >= 0.6 is 0 Å². The highest BCUT2D eigenvalue weighted by Crippen LogP contribution is 2.67. The fourth-order valence-corrected chi connectivity index (χ4v) is 9.09. The maximum absolute atomic E-state index is 12.0. The summed E-state index contributed by atoms with van der Waals surface area (Å²) in [4.78, 5) is 12.0. The number of carbonyl (C=O) groups is 1. The van der Waals surface area contributed by atoms with Crippen LogP contribution in [0, 0.1) is 46.3 Å². The first kappa shape index (κ1) is 25.1. The molecule has 0 unspecified atom stereocenters. The normalized spacial score (nSPS) is 40.9. The van der Waals surface area contributed by atoms with Crippen LogP contribution in [0.25, 0.3) is 0 Å². The third kappa shape index (κ3) is 4.76. The second-order valence-corrected chi connectivity index (χ2v) is 13.1. The van der Waals surface area contributed by atoms with Gasteiger partial charge in [0.25, 0.3) is 0 Å². The van der Waals surface area contributed by atoms with E-state index in [-0.39, 0.29) is 12.2 Å². The zero-order valence-electron chi connectivity index (χ0n) is 22.4. The highest BCUT2D eigenvalue weighted by molar-refractivity contribution is 5.67. The van der Waals surface area contributed by atoms with E-state index >= 15 is 0 Å². The number of amides is 1. The zero-order valence-corrected chi connectivity index (χ0v) is 22.4. The quantitative estimate of drug-likeness (QED) is 0.392. The van der Waals surface area contributed by atoms with E-state index in [0.717, 1.165) is 48.3 Å². The highest BCUT2D eigenvalue weighted by Gasteiger charge is 2.59. The van der Waals surface area contributed by atoms with Crippen LogP contribution in [0.1, 0.15) is 112 Å². The summed E-state index contributed by atoms with van der Waals surface area (Å²) >= 11 is 0. The molecule has 0 saturated heterocycles. The van der Waals surface area contributed by atoms with Crippen molar-refractivity contribution in [2.24, 2.45) is 46.3 Å². The van der Waals surface area contributed by atoms with Crippen molar-refractivity contribution in [2.75, 3.05) is 6.54 Å². The first-order valence-electron chi connectivity index (χ1n) is 14.3. The van der Waals surface area contributed by atoms with Crippen LogP contribution in [0.3, 0.4) is 0 Å². The van der Waals surface area contributed by atoms with E-state index in [2.05, 4.69) is 46.0 Å². The van der Waals surface area contributed by atoms with Gasteiger partial charge in [-0.2, -0.15) is 0 Å². The van der Waals surface area contributed by atoms with E-state index in [0.29, 0.717) is 17.4 Å². The molecule has 3 heteroatoms. The lowest BCUT2D eigenvalue weighted by Gasteiger charge is -2.58. The Hall–Kier alpha value is -0.990. The third-order valence-electron chi connectivity index (χ3n) is 10.9. The topological polar surface area (TPSA) is 38.3 Å². The van der Waals surface area contributed by atoms with Gasteiger partial charge in [-0.05, 0) is 98.2 Å². The monoisotopic (exact) mass is 457 g/mol. The Labute approximate surface area is 203 Å². The second-order valence-electron chi connectivity index (χ2n) is 13.1. The average Bonchev–Trinajstić information content (AvgIpc) is 3.11. The lowest BCUT2D eigenvalue weighted by Crippen LogP contribution is -2.51. The number of hydrogen-bond donors (Lipinski definition) is 1. The first-order chi connectivity index (χ1) is 15.7. The van der Waals surface area contributed by atoms with Crippen molar-refractivity contribution in [1.82, 2.24) is 5.32 Å². The van der Waals surface area contributed by atoms with Gasteiger partial charge in [-0.15, -0.1) is 0 Å². The van der Waals surface area contributed by atoms with E-state index in [1.54, 1.807) is 5.57 Å². The van der Waals surface area contributed by atoms with Crippen molar-refractivity contribution >= 4 is 6.09 Å². The number of nitrogens with one attached hydrogen (secondary N) is 1. The maximum Gasteiger partial charge on any atom is 0.407 e. The summed E-state index contributed by atoms with van der Waals surface area (Å²) in [6.07, 6.45) is 16.8. The van der Waals surface area contributed by atoms with Gasteiger partial charge in [0.1, 0.15) is 6.10 Å². The van der Waals surface area contributed by atoms with Crippen LogP contribution in [0.15, 0.2) is 11.6 Å². The lowest BCUT2D eigenvalue weighted by atomic mass is 9.47. The predicted octanol–water partition coefficient (Wildman–Crippen LogP) is 8.14. The van der Waals surface area contributed by atoms with E-state index in [9.17, 15) is 4.79 Å². The molecule has 1 amide bonds. The molecule has 0 aromatic rings. The van der Waals surface area contributed by atoms with Gasteiger partial charge in [0.2, 0.25) is 0 Å². The van der Waals surface area contributed by atoms with Gasteiger partial charge in [0.15, 0.2) is 0 Å². The van der Waals surface area contributed by atoms with Gasteiger partial charge >= 0.3 is 6.09 Å². The third-order valence-corrected chi connectivity index (χ3v) is 10.9. The van der Waals surface area contributed by atoms with E-state index in [1.807, 2.05) is 6.92 Å². The number of allylic oxidation sites excluding steroid dienone is 1. The van der Waals surface area contributed by atoms with Gasteiger partial charge in [0.05, 0.1) is 0 Å². The Morgan fingerprint density at radius 1 is 1.09 bits per heavy atom. The molecule has 188 valence electrons. The molecule has 0 aliphatic heterocycles. The van der Waals surface area contributed by atoms with Crippen molar-refractivity contribution in [3.05, 3.63) is 11.6 Å². The molecule has 0 spiro atoms. The molecule has 3 fully saturated rings. The Balaban J connectivity index is 1.43. The van der Waals surface area contributed by atoms with Gasteiger partial charge in [-0.3, -0.25) is 0 Å². The molecule has 0 bridgehead atoms. The van der Waals surface area contributed by atoms with Crippen molar-refractivity contribution in [2.45, 2.75) is 118 Å². The van der Waals surface area contributed by atoms with Gasteiger partial charge < -0.3 is 10.1 Å². The van der Waals surface area contributed by atoms with Crippen molar-refractivity contribution < 1.29 is 9.53 Å². The molecule has 4 aliphatic carbocycles. The summed E-state index contributed by atoms with van der Waals surface area (Å²) in [6, 6.07) is 0. The number of carbonyl (C=O) groups excluding carboxylic acids is 1. The van der Waals surface area contributed by atoms with E-state index in [1.165, 1.54) is 57.8 Å². The lowest BCUT2D eigenvalue weighted by molar-refractivity contribution is -0.0581. The van der Waals surface area contributed by atoms with Gasteiger partial charge in [-0.1, -0.05) is 65.5 Å². The summed E-state index contributed by atoms with van der Waals surface area (Å²) in [7, 11) is 0. The highest BCUT2D eigenvalue weighted by atomic mass is 16.6. The summed E-state index contributed by atoms with van der Waals surface area (Å²) in [5.41, 5.74) is 2.48. The number of rotatable bonds is 7. The van der Waals surface area contributed by atoms with Gasteiger partial charge in [-0.25, -0.2) is 4.79 Å². The van der Waals surface area contributed by atoms with Crippen LogP contribution in [0.4, 0.5) is 4.79 Å². The minimum atomic E-state index is -0.242. The maximum atomic E-state index is 12.0. The number of ether oxygens (including phenoxy) is 1. The molecular weight excluding hydrogens is 406 g/mol. The fourth-order valence-electron chi connectivity index (χ4n) is 9.09. The second kappa shape index (κ2) is 9.94. The van der Waals surface area contributed by atoms with Gasteiger partial charge in [0, 0.05) is 13.0 Å². The first-order valence-corrected chi connectivity index (χ1v) is 14.3. The van der Waals surface area contributed by atoms with Crippen LogP contribution in [0.2, 0.25) is 0 Å². The van der Waals surface area contributed by atoms with Crippen LogP contribution < -0.4 is 5.32 Å². The smallest absolute Gasteiger partial charge is 0.407 e. The largest absolute Gasteiger partial charge is 0.446 e. The Morgan fingerprint density at radius 3 is 2.61 bits per heavy atom. The van der Waals surface area contributed by atoms with E-state index in [4.69, 9.17) is 4.74 Å². The van der Waals surface area contributed by atoms with Crippen LogP contribution in [-0.4, -0.2) is 18.7 Å². The molecule has 1 N–H and O–H groups in total. The number of hydrogen-bond acceptors (Lipinski definition) is 2. The summed E-state index contributed by atoms with van der Waals surface area (Å²) in [6.45, 7) is 15.1. The van der Waals surface area contributed by atoms with Crippen LogP contribution in [-0.2, 0) is 4.74 Å². The number of fused-ring (bicyclic) bond motifs is 5. The minimum Gasteiger partial charge on any atom is -0.446 e. The van der Waals surface area contributed by atoms with Crippen LogP contribution in [0.5, 0.6) is 0 Å². The van der Waals surface area contributed by atoms with Crippen molar-refractivity contribution in [1.29, 1.82) is 0 Å². The molecule has 0 heterocycles. The Morgan fingerprint density at radius 2 is 1.88 bits per heavy atom. The fraction of sp³-hybridized carbons (Fsp3) is 0.900. The molecule has 0 aromatic carbocycles. The Bertz CT molecular complexity index is 729. The van der Waals surface area contributed by atoms with E-state index < -0.39 is 0 Å². The molecule has 4 aliphatic rings. The Kier molecular flexibility index (Phi) is 7.56.